The van der Waals surface area contributed by atoms with Gasteiger partial charge in [-0.15, -0.1) is 6.58 Å². The molecule has 2 aromatic rings. The van der Waals surface area contributed by atoms with Gasteiger partial charge in [-0.2, -0.15) is 0 Å². The van der Waals surface area contributed by atoms with Gasteiger partial charge in [-0.05, 0) is 20.8 Å². The lowest BCUT2D eigenvalue weighted by Crippen LogP contribution is -2.43. The van der Waals surface area contributed by atoms with Crippen molar-refractivity contribution in [3.63, 3.8) is 0 Å². The van der Waals surface area contributed by atoms with Gasteiger partial charge in [0.05, 0.1) is 13.5 Å². The first-order chi connectivity index (χ1) is 12.3. The summed E-state index contributed by atoms with van der Waals surface area (Å²) < 4.78 is 22.8. The van der Waals surface area contributed by atoms with Crippen LogP contribution in [0.4, 0.5) is 0 Å². The van der Waals surface area contributed by atoms with Crippen LogP contribution in [-0.4, -0.2) is 24.8 Å². The van der Waals surface area contributed by atoms with Crippen molar-refractivity contribution in [3.8, 4) is 11.5 Å². The summed E-state index contributed by atoms with van der Waals surface area (Å²) >= 11 is 0. The van der Waals surface area contributed by atoms with Crippen LogP contribution in [-0.2, 0) is 16.0 Å². The van der Waals surface area contributed by atoms with Crippen molar-refractivity contribution in [2.24, 2.45) is 0 Å². The predicted octanol–water partition coefficient (Wildman–Crippen LogP) is 3.31. The minimum Gasteiger partial charge on any atom is -0.495 e. The van der Waals surface area contributed by atoms with Crippen molar-refractivity contribution in [1.29, 1.82) is 0 Å². The molecule has 0 bridgehead atoms. The molecule has 1 aromatic heterocycles. The molecular formula is C20H22O6. The van der Waals surface area contributed by atoms with E-state index in [1.165, 1.54) is 19.3 Å². The first-order valence-electron chi connectivity index (χ1n) is 8.40. The Bertz CT molecular complexity index is 937. The fraction of sp³-hybridized carbons (Fsp3) is 0.400. The smallest absolute Gasteiger partial charge is 0.310 e. The Hall–Kier alpha value is -2.76. The first kappa shape index (κ1) is 18.0. The SMILES string of the molecule is C=CCC(=O)OC(C)(C)[C@@H]1Cc2c(cc3oc(C)cc(=O)c3c2OC)O1. The highest BCUT2D eigenvalue weighted by molar-refractivity contribution is 5.87. The van der Waals surface area contributed by atoms with E-state index in [9.17, 15) is 9.59 Å². The van der Waals surface area contributed by atoms with Gasteiger partial charge in [0.15, 0.2) is 5.43 Å². The Morgan fingerprint density at radius 1 is 1.42 bits per heavy atom. The molecule has 1 atom stereocenters. The van der Waals surface area contributed by atoms with E-state index in [-0.39, 0.29) is 17.8 Å². The molecular weight excluding hydrogens is 336 g/mol. The minimum absolute atomic E-state index is 0.133. The summed E-state index contributed by atoms with van der Waals surface area (Å²) in [6.07, 6.45) is 1.68. The fourth-order valence-electron chi connectivity index (χ4n) is 3.24. The van der Waals surface area contributed by atoms with Crippen molar-refractivity contribution < 1.29 is 23.4 Å². The van der Waals surface area contributed by atoms with E-state index in [1.54, 1.807) is 26.8 Å². The number of hydrogen-bond acceptors (Lipinski definition) is 6. The molecule has 0 spiro atoms. The monoisotopic (exact) mass is 358 g/mol. The maximum absolute atomic E-state index is 12.4. The summed E-state index contributed by atoms with van der Waals surface area (Å²) in [6, 6.07) is 3.13. The summed E-state index contributed by atoms with van der Waals surface area (Å²) in [7, 11) is 1.51. The number of benzene rings is 1. The topological polar surface area (TPSA) is 75.0 Å². The Labute approximate surface area is 151 Å². The quantitative estimate of drug-likeness (QED) is 0.603. The zero-order valence-electron chi connectivity index (χ0n) is 15.4. The number of carbonyl (C=O) groups excluding carboxylic acids is 1. The molecule has 0 radical (unpaired) electrons. The van der Waals surface area contributed by atoms with Gasteiger partial charge in [0, 0.05) is 24.1 Å². The fourth-order valence-corrected chi connectivity index (χ4v) is 3.24. The highest BCUT2D eigenvalue weighted by Gasteiger charge is 2.41. The van der Waals surface area contributed by atoms with Crippen LogP contribution in [0.25, 0.3) is 11.0 Å². The molecule has 3 rings (SSSR count). The van der Waals surface area contributed by atoms with Gasteiger partial charge in [-0.25, -0.2) is 0 Å². The molecule has 2 heterocycles. The molecule has 0 unspecified atom stereocenters. The Kier molecular flexibility index (Phi) is 4.52. The van der Waals surface area contributed by atoms with E-state index in [0.717, 1.165) is 5.56 Å². The zero-order valence-corrected chi connectivity index (χ0v) is 15.4. The second kappa shape index (κ2) is 6.52. The van der Waals surface area contributed by atoms with Crippen LogP contribution in [0.5, 0.6) is 11.5 Å². The number of esters is 1. The number of rotatable bonds is 5. The maximum atomic E-state index is 12.4. The molecule has 0 saturated heterocycles. The van der Waals surface area contributed by atoms with Crippen LogP contribution >= 0.6 is 0 Å². The summed E-state index contributed by atoms with van der Waals surface area (Å²) in [6.45, 7) is 8.85. The van der Waals surface area contributed by atoms with E-state index < -0.39 is 11.7 Å². The molecule has 0 N–H and O–H groups in total. The van der Waals surface area contributed by atoms with Gasteiger partial charge >= 0.3 is 5.97 Å². The second-order valence-electron chi connectivity index (χ2n) is 6.86. The van der Waals surface area contributed by atoms with Crippen molar-refractivity contribution in [3.05, 3.63) is 46.3 Å². The van der Waals surface area contributed by atoms with Crippen LogP contribution in [0.1, 0.15) is 31.6 Å². The molecule has 6 nitrogen and oxygen atoms in total. The molecule has 0 saturated carbocycles. The lowest BCUT2D eigenvalue weighted by Gasteiger charge is -2.30. The maximum Gasteiger partial charge on any atom is 0.310 e. The number of hydrogen-bond donors (Lipinski definition) is 0. The number of methoxy groups -OCH3 is 1. The lowest BCUT2D eigenvalue weighted by molar-refractivity contribution is -0.163. The average Bonchev–Trinajstić information content (AvgIpc) is 2.96. The highest BCUT2D eigenvalue weighted by atomic mass is 16.6. The van der Waals surface area contributed by atoms with Crippen LogP contribution in [0.2, 0.25) is 0 Å². The van der Waals surface area contributed by atoms with Crippen LogP contribution in [0, 0.1) is 6.92 Å². The highest BCUT2D eigenvalue weighted by Crippen LogP contribution is 2.43. The summed E-state index contributed by atoms with van der Waals surface area (Å²) in [5.74, 6) is 1.16. The van der Waals surface area contributed by atoms with Gasteiger partial charge in [-0.1, -0.05) is 6.08 Å². The normalized spacial score (nSPS) is 16.1. The number of ether oxygens (including phenoxy) is 3. The molecule has 138 valence electrons. The third-order valence-electron chi connectivity index (χ3n) is 4.49. The minimum atomic E-state index is -0.857. The van der Waals surface area contributed by atoms with Gasteiger partial charge in [0.1, 0.15) is 39.9 Å². The van der Waals surface area contributed by atoms with Crippen molar-refractivity contribution >= 4 is 16.9 Å². The van der Waals surface area contributed by atoms with Gasteiger partial charge < -0.3 is 18.6 Å². The molecule has 1 aromatic carbocycles. The average molecular weight is 358 g/mol. The molecule has 0 aliphatic carbocycles. The van der Waals surface area contributed by atoms with Gasteiger partial charge in [0.2, 0.25) is 0 Å². The molecule has 1 aliphatic rings. The van der Waals surface area contributed by atoms with E-state index >= 15 is 0 Å². The first-order valence-corrected chi connectivity index (χ1v) is 8.40. The van der Waals surface area contributed by atoms with Gasteiger partial charge in [0.25, 0.3) is 0 Å². The third kappa shape index (κ3) is 3.07. The van der Waals surface area contributed by atoms with Crippen molar-refractivity contribution in [2.45, 2.75) is 45.3 Å². The molecule has 0 amide bonds. The Morgan fingerprint density at radius 3 is 2.81 bits per heavy atom. The standard InChI is InChI=1S/C20H22O6/c1-6-7-17(22)26-20(3,4)16-9-12-14(25-16)10-15-18(19(12)23-5)13(21)8-11(2)24-15/h6,8,10,16H,1,7,9H2,2-5H3/t16-/m0/s1. The summed E-state index contributed by atoms with van der Waals surface area (Å²) in [5, 5.41) is 0.391. The van der Waals surface area contributed by atoms with Crippen LogP contribution in [0.3, 0.4) is 0 Å². The lowest BCUT2D eigenvalue weighted by atomic mass is 9.95. The third-order valence-corrected chi connectivity index (χ3v) is 4.49. The van der Waals surface area contributed by atoms with Crippen LogP contribution < -0.4 is 14.9 Å². The zero-order chi connectivity index (χ0) is 19.1. The van der Waals surface area contributed by atoms with Crippen molar-refractivity contribution in [1.82, 2.24) is 0 Å². The predicted molar refractivity (Wildman–Crippen MR) is 96.9 cm³/mol. The second-order valence-corrected chi connectivity index (χ2v) is 6.86. The summed E-state index contributed by atoms with van der Waals surface area (Å²) in [5.41, 5.74) is 0.161. The van der Waals surface area contributed by atoms with E-state index in [1.807, 2.05) is 0 Å². The molecule has 26 heavy (non-hydrogen) atoms. The number of carbonyl (C=O) groups is 1. The van der Waals surface area contributed by atoms with Crippen LogP contribution in [0.15, 0.2) is 34.0 Å². The Morgan fingerprint density at radius 2 is 2.15 bits per heavy atom. The Balaban J connectivity index is 2.02. The van der Waals surface area contributed by atoms with Gasteiger partial charge in [-0.3, -0.25) is 9.59 Å². The molecule has 0 fully saturated rings. The number of fused-ring (bicyclic) bond motifs is 2. The molecule has 1 aliphatic heterocycles. The van der Waals surface area contributed by atoms with E-state index in [0.29, 0.717) is 34.6 Å². The largest absolute Gasteiger partial charge is 0.495 e. The summed E-state index contributed by atoms with van der Waals surface area (Å²) in [4.78, 5) is 24.3. The van der Waals surface area contributed by atoms with Crippen molar-refractivity contribution in [2.75, 3.05) is 7.11 Å². The van der Waals surface area contributed by atoms with E-state index in [4.69, 9.17) is 18.6 Å². The molecule has 6 heteroatoms. The number of aryl methyl sites for hydroxylation is 1. The van der Waals surface area contributed by atoms with E-state index in [2.05, 4.69) is 6.58 Å².